The summed E-state index contributed by atoms with van der Waals surface area (Å²) in [4.78, 5) is 38.0. The number of nitrogens with one attached hydrogen (secondary N) is 1. The van der Waals surface area contributed by atoms with Crippen molar-refractivity contribution in [2.45, 2.75) is 26.8 Å². The monoisotopic (exact) mass is 380 g/mol. The van der Waals surface area contributed by atoms with Crippen molar-refractivity contribution < 1.29 is 9.18 Å². The molecule has 3 rings (SSSR count). The number of pyridine rings is 1. The number of aromatic amines is 1. The van der Waals surface area contributed by atoms with Gasteiger partial charge in [-0.25, -0.2) is 9.37 Å². The smallest absolute Gasteiger partial charge is 0.255 e. The number of carbonyl (C=O) groups excluding carboxylic acids is 1. The number of amides is 1. The van der Waals surface area contributed by atoms with Crippen molar-refractivity contribution >= 4 is 5.91 Å². The quantitative estimate of drug-likeness (QED) is 0.713. The lowest BCUT2D eigenvalue weighted by molar-refractivity contribution is -0.130. The SMILES string of the molecule is CCN(Cc1cccc(F)c1)C(=O)Cc1c(C)nc(-c2cccnc2)[nH]c1=O. The average Bonchev–Trinajstić information content (AvgIpc) is 2.69. The van der Waals surface area contributed by atoms with E-state index in [4.69, 9.17) is 0 Å². The predicted molar refractivity (Wildman–Crippen MR) is 104 cm³/mol. The molecule has 0 saturated heterocycles. The van der Waals surface area contributed by atoms with Gasteiger partial charge in [0.05, 0.1) is 6.42 Å². The van der Waals surface area contributed by atoms with Crippen LogP contribution in [0.2, 0.25) is 0 Å². The van der Waals surface area contributed by atoms with Crippen LogP contribution in [0.25, 0.3) is 11.4 Å². The highest BCUT2D eigenvalue weighted by atomic mass is 19.1. The summed E-state index contributed by atoms with van der Waals surface area (Å²) in [5.74, 6) is -0.140. The molecule has 0 saturated carbocycles. The molecule has 0 aliphatic rings. The molecule has 1 N–H and O–H groups in total. The lowest BCUT2D eigenvalue weighted by atomic mass is 10.1. The first-order valence-corrected chi connectivity index (χ1v) is 9.00. The number of carbonyl (C=O) groups is 1. The Balaban J connectivity index is 1.80. The molecule has 1 aromatic carbocycles. The van der Waals surface area contributed by atoms with Crippen molar-refractivity contribution in [2.75, 3.05) is 6.54 Å². The Kier molecular flexibility index (Phi) is 5.93. The van der Waals surface area contributed by atoms with E-state index in [0.29, 0.717) is 34.8 Å². The third-order valence-corrected chi connectivity index (χ3v) is 4.48. The normalized spacial score (nSPS) is 10.7. The molecule has 0 atom stereocenters. The first kappa shape index (κ1) is 19.4. The van der Waals surface area contributed by atoms with E-state index in [9.17, 15) is 14.0 Å². The highest BCUT2D eigenvalue weighted by Crippen LogP contribution is 2.14. The summed E-state index contributed by atoms with van der Waals surface area (Å²) < 4.78 is 13.4. The topological polar surface area (TPSA) is 79.0 Å². The fourth-order valence-electron chi connectivity index (χ4n) is 2.95. The Morgan fingerprint density at radius 2 is 2.07 bits per heavy atom. The minimum Gasteiger partial charge on any atom is -0.338 e. The van der Waals surface area contributed by atoms with E-state index in [1.807, 2.05) is 6.92 Å². The van der Waals surface area contributed by atoms with Gasteiger partial charge in [0.2, 0.25) is 5.91 Å². The molecular formula is C21H21FN4O2. The van der Waals surface area contributed by atoms with Gasteiger partial charge in [-0.05, 0) is 43.7 Å². The predicted octanol–water partition coefficient (Wildman–Crippen LogP) is 2.87. The molecule has 0 spiro atoms. The zero-order valence-electron chi connectivity index (χ0n) is 15.8. The van der Waals surface area contributed by atoms with E-state index in [1.165, 1.54) is 12.1 Å². The molecule has 0 aliphatic heterocycles. The summed E-state index contributed by atoms with van der Waals surface area (Å²) >= 11 is 0. The second-order valence-electron chi connectivity index (χ2n) is 6.43. The number of aromatic nitrogens is 3. The molecule has 2 heterocycles. The van der Waals surface area contributed by atoms with Crippen LogP contribution in [0.1, 0.15) is 23.7 Å². The third kappa shape index (κ3) is 4.49. The maximum Gasteiger partial charge on any atom is 0.255 e. The largest absolute Gasteiger partial charge is 0.338 e. The minimum absolute atomic E-state index is 0.0648. The third-order valence-electron chi connectivity index (χ3n) is 4.48. The van der Waals surface area contributed by atoms with E-state index < -0.39 is 0 Å². The molecular weight excluding hydrogens is 359 g/mol. The van der Waals surface area contributed by atoms with Crippen molar-refractivity contribution in [1.29, 1.82) is 0 Å². The number of hydrogen-bond donors (Lipinski definition) is 1. The summed E-state index contributed by atoms with van der Waals surface area (Å²) in [7, 11) is 0. The van der Waals surface area contributed by atoms with Crippen LogP contribution >= 0.6 is 0 Å². The fraction of sp³-hybridized carbons (Fsp3) is 0.238. The molecule has 0 radical (unpaired) electrons. The second-order valence-corrected chi connectivity index (χ2v) is 6.43. The van der Waals surface area contributed by atoms with Crippen LogP contribution < -0.4 is 5.56 Å². The van der Waals surface area contributed by atoms with Crippen molar-refractivity contribution in [1.82, 2.24) is 19.9 Å². The number of nitrogens with zero attached hydrogens (tertiary/aromatic N) is 3. The summed E-state index contributed by atoms with van der Waals surface area (Å²) in [5.41, 5.74) is 1.88. The fourth-order valence-corrected chi connectivity index (χ4v) is 2.95. The van der Waals surface area contributed by atoms with Crippen LogP contribution in [0.4, 0.5) is 4.39 Å². The van der Waals surface area contributed by atoms with Crippen LogP contribution in [-0.2, 0) is 17.8 Å². The number of aryl methyl sites for hydroxylation is 1. The molecule has 0 bridgehead atoms. The average molecular weight is 380 g/mol. The van der Waals surface area contributed by atoms with Crippen molar-refractivity contribution in [3.05, 3.63) is 81.8 Å². The van der Waals surface area contributed by atoms with Crippen molar-refractivity contribution in [2.24, 2.45) is 0 Å². The molecule has 144 valence electrons. The number of benzene rings is 1. The van der Waals surface area contributed by atoms with E-state index in [2.05, 4.69) is 15.0 Å². The van der Waals surface area contributed by atoms with Crippen LogP contribution in [0.3, 0.4) is 0 Å². The van der Waals surface area contributed by atoms with E-state index in [-0.39, 0.29) is 30.2 Å². The molecule has 0 unspecified atom stereocenters. The molecule has 3 aromatic rings. The van der Waals surface area contributed by atoms with Gasteiger partial charge in [-0.3, -0.25) is 14.6 Å². The summed E-state index contributed by atoms with van der Waals surface area (Å²) in [5, 5.41) is 0. The van der Waals surface area contributed by atoms with Crippen LogP contribution in [0.15, 0.2) is 53.6 Å². The van der Waals surface area contributed by atoms with Gasteiger partial charge >= 0.3 is 0 Å². The second kappa shape index (κ2) is 8.56. The van der Waals surface area contributed by atoms with Gasteiger partial charge in [-0.15, -0.1) is 0 Å². The Bertz CT molecular complexity index is 1030. The maximum atomic E-state index is 13.4. The Hall–Kier alpha value is -3.35. The Morgan fingerprint density at radius 3 is 2.71 bits per heavy atom. The number of halogens is 1. The number of rotatable bonds is 6. The van der Waals surface area contributed by atoms with Gasteiger partial charge in [0.1, 0.15) is 11.6 Å². The lowest BCUT2D eigenvalue weighted by Crippen LogP contribution is -2.33. The maximum absolute atomic E-state index is 13.4. The van der Waals surface area contributed by atoms with Gasteiger partial charge in [-0.1, -0.05) is 12.1 Å². The minimum atomic E-state index is -0.346. The Labute approximate surface area is 162 Å². The van der Waals surface area contributed by atoms with Gasteiger partial charge in [0, 0.05) is 42.3 Å². The molecule has 0 aliphatic carbocycles. The first-order chi connectivity index (χ1) is 13.5. The van der Waals surface area contributed by atoms with Gasteiger partial charge < -0.3 is 9.88 Å². The first-order valence-electron chi connectivity index (χ1n) is 9.00. The molecule has 28 heavy (non-hydrogen) atoms. The molecule has 2 aromatic heterocycles. The van der Waals surface area contributed by atoms with E-state index in [0.717, 1.165) is 0 Å². The van der Waals surface area contributed by atoms with Crippen LogP contribution in [0, 0.1) is 12.7 Å². The van der Waals surface area contributed by atoms with E-state index in [1.54, 1.807) is 48.5 Å². The Morgan fingerprint density at radius 1 is 1.25 bits per heavy atom. The number of hydrogen-bond acceptors (Lipinski definition) is 4. The summed E-state index contributed by atoms with van der Waals surface area (Å²) in [6.45, 7) is 4.29. The highest BCUT2D eigenvalue weighted by Gasteiger charge is 2.18. The van der Waals surface area contributed by atoms with Crippen molar-refractivity contribution in [3.8, 4) is 11.4 Å². The molecule has 1 amide bonds. The summed E-state index contributed by atoms with van der Waals surface area (Å²) in [6.07, 6.45) is 3.18. The molecule has 6 nitrogen and oxygen atoms in total. The summed E-state index contributed by atoms with van der Waals surface area (Å²) in [6, 6.07) is 9.69. The van der Waals surface area contributed by atoms with Crippen LogP contribution in [-0.4, -0.2) is 32.3 Å². The van der Waals surface area contributed by atoms with Gasteiger partial charge in [0.15, 0.2) is 0 Å². The van der Waals surface area contributed by atoms with Gasteiger partial charge in [-0.2, -0.15) is 0 Å². The van der Waals surface area contributed by atoms with Crippen LogP contribution in [0.5, 0.6) is 0 Å². The van der Waals surface area contributed by atoms with Gasteiger partial charge in [0.25, 0.3) is 5.56 Å². The lowest BCUT2D eigenvalue weighted by Gasteiger charge is -2.21. The molecule has 7 heteroatoms. The zero-order valence-corrected chi connectivity index (χ0v) is 15.8. The van der Waals surface area contributed by atoms with Crippen molar-refractivity contribution in [3.63, 3.8) is 0 Å². The number of H-pyrrole nitrogens is 1. The highest BCUT2D eigenvalue weighted by molar-refractivity contribution is 5.79. The van der Waals surface area contributed by atoms with E-state index >= 15 is 0 Å². The standard InChI is InChI=1S/C21H21FN4O2/c1-3-26(13-15-6-4-8-17(22)10-15)19(27)11-18-14(2)24-20(25-21(18)28)16-7-5-9-23-12-16/h4-10,12H,3,11,13H2,1-2H3,(H,24,25,28). The zero-order chi connectivity index (χ0) is 20.1. The number of likely N-dealkylation sites (N-methyl/N-ethyl adjacent to an activating group) is 1. The molecule has 0 fully saturated rings.